The summed E-state index contributed by atoms with van der Waals surface area (Å²) in [6.45, 7) is 7.82. The maximum Gasteiger partial charge on any atom is 0.178 e. The third-order valence-electron chi connectivity index (χ3n) is 2.74. The molecule has 0 aromatic heterocycles. The summed E-state index contributed by atoms with van der Waals surface area (Å²) < 4.78 is 0. The van der Waals surface area contributed by atoms with Crippen LogP contribution in [-0.4, -0.2) is 11.5 Å². The molecule has 0 rings (SSSR count). The summed E-state index contributed by atoms with van der Waals surface area (Å²) in [6.07, 6.45) is 11.1. The van der Waals surface area contributed by atoms with Gasteiger partial charge >= 0.3 is 0 Å². The predicted molar refractivity (Wildman–Crippen MR) is 74.0 cm³/mol. The Hall–Kier alpha value is -1.36. The molecule has 94 valence electrons. The second-order valence-electron chi connectivity index (χ2n) is 4.28. The van der Waals surface area contributed by atoms with Gasteiger partial charge in [-0.1, -0.05) is 32.6 Å². The largest absolute Gasteiger partial charge is 0.293 e. The highest BCUT2D eigenvalue weighted by atomic mass is 16.1. The second-order valence-corrected chi connectivity index (χ2v) is 4.28. The van der Waals surface area contributed by atoms with Crippen molar-refractivity contribution in [3.8, 4) is 12.3 Å². The van der Waals surface area contributed by atoms with Crippen LogP contribution in [0.3, 0.4) is 0 Å². The average molecular weight is 233 g/mol. The van der Waals surface area contributed by atoms with Gasteiger partial charge in [-0.15, -0.1) is 6.42 Å². The molecule has 0 aliphatic heterocycles. The van der Waals surface area contributed by atoms with E-state index in [1.807, 2.05) is 6.92 Å². The van der Waals surface area contributed by atoms with E-state index in [0.29, 0.717) is 11.6 Å². The fourth-order valence-corrected chi connectivity index (χ4v) is 1.83. The monoisotopic (exact) mass is 233 g/mol. The smallest absolute Gasteiger partial charge is 0.178 e. The summed E-state index contributed by atoms with van der Waals surface area (Å²) in [4.78, 5) is 15.7. The maximum absolute atomic E-state index is 11.3. The minimum absolute atomic E-state index is 0.0750. The van der Waals surface area contributed by atoms with Crippen molar-refractivity contribution in [1.82, 2.24) is 0 Å². The van der Waals surface area contributed by atoms with E-state index in [-0.39, 0.29) is 5.78 Å². The van der Waals surface area contributed by atoms with Crippen LogP contribution in [0.5, 0.6) is 0 Å². The molecule has 0 saturated carbocycles. The Labute approximate surface area is 105 Å². The normalized spacial score (nSPS) is 12.7. The second kappa shape index (κ2) is 8.75. The van der Waals surface area contributed by atoms with Crippen LogP contribution in [0, 0.1) is 18.3 Å². The number of terminal acetylenes is 1. The minimum Gasteiger partial charge on any atom is -0.293 e. The van der Waals surface area contributed by atoms with Gasteiger partial charge in [-0.05, 0) is 25.7 Å². The Morgan fingerprint density at radius 1 is 1.29 bits per heavy atom. The Balaban J connectivity index is 4.95. The van der Waals surface area contributed by atoms with Gasteiger partial charge in [0.2, 0.25) is 0 Å². The van der Waals surface area contributed by atoms with Gasteiger partial charge in [0.25, 0.3) is 0 Å². The standard InChI is InChI=1S/C15H23NO/c1-6-9-14(10-7-2)12(4)16-15(11-8-3)13(5)17/h3,11,14H,6-7,9-10H2,1-2,4-5H3/b15-11-,16-12?. The molecule has 0 unspecified atom stereocenters. The number of hydrogen-bond donors (Lipinski definition) is 0. The summed E-state index contributed by atoms with van der Waals surface area (Å²) in [6, 6.07) is 0. The molecule has 0 aromatic carbocycles. The summed E-state index contributed by atoms with van der Waals surface area (Å²) in [5.41, 5.74) is 1.41. The van der Waals surface area contributed by atoms with Crippen molar-refractivity contribution in [2.24, 2.45) is 10.9 Å². The average Bonchev–Trinajstić information content (AvgIpc) is 2.28. The first-order valence-electron chi connectivity index (χ1n) is 6.29. The van der Waals surface area contributed by atoms with Crippen molar-refractivity contribution in [2.75, 3.05) is 0 Å². The highest BCUT2D eigenvalue weighted by Crippen LogP contribution is 2.17. The lowest BCUT2D eigenvalue weighted by Gasteiger charge is -2.15. The molecule has 0 aliphatic carbocycles. The molecular formula is C15H23NO. The Bertz CT molecular complexity index is 338. The summed E-state index contributed by atoms with van der Waals surface area (Å²) >= 11 is 0. The topological polar surface area (TPSA) is 29.4 Å². The molecule has 0 bridgehead atoms. The van der Waals surface area contributed by atoms with Crippen LogP contribution in [0.15, 0.2) is 16.8 Å². The number of aliphatic imine (C=N–C) groups is 1. The van der Waals surface area contributed by atoms with Crippen LogP contribution < -0.4 is 0 Å². The fraction of sp³-hybridized carbons (Fsp3) is 0.600. The summed E-state index contributed by atoms with van der Waals surface area (Å²) in [7, 11) is 0. The van der Waals surface area contributed by atoms with E-state index >= 15 is 0 Å². The highest BCUT2D eigenvalue weighted by molar-refractivity contribution is 5.97. The number of nitrogens with zero attached hydrogens (tertiary/aromatic N) is 1. The highest BCUT2D eigenvalue weighted by Gasteiger charge is 2.11. The third kappa shape index (κ3) is 6.06. The lowest BCUT2D eigenvalue weighted by atomic mass is 9.94. The molecule has 0 aliphatic rings. The molecule has 0 aromatic rings. The third-order valence-corrected chi connectivity index (χ3v) is 2.74. The van der Waals surface area contributed by atoms with E-state index in [1.54, 1.807) is 0 Å². The van der Waals surface area contributed by atoms with Crippen LogP contribution in [0.2, 0.25) is 0 Å². The van der Waals surface area contributed by atoms with Crippen molar-refractivity contribution < 1.29 is 4.79 Å². The van der Waals surface area contributed by atoms with Gasteiger partial charge < -0.3 is 0 Å². The SMILES string of the molecule is C#C/C=C(\N=C(C)C(CCC)CCC)C(C)=O. The Kier molecular flexibility index (Phi) is 8.05. The summed E-state index contributed by atoms with van der Waals surface area (Å²) in [5.74, 6) is 2.76. The van der Waals surface area contributed by atoms with E-state index in [9.17, 15) is 4.79 Å². The van der Waals surface area contributed by atoms with Crippen LogP contribution in [0.1, 0.15) is 53.4 Å². The number of carbonyl (C=O) groups is 1. The minimum atomic E-state index is -0.0750. The predicted octanol–water partition coefficient (Wildman–Crippen LogP) is 3.77. The van der Waals surface area contributed by atoms with Crippen LogP contribution >= 0.6 is 0 Å². The molecule has 0 fully saturated rings. The van der Waals surface area contributed by atoms with Gasteiger partial charge in [-0.2, -0.15) is 0 Å². The van der Waals surface area contributed by atoms with E-state index in [2.05, 4.69) is 24.8 Å². The van der Waals surface area contributed by atoms with Gasteiger partial charge in [-0.25, -0.2) is 0 Å². The number of rotatable bonds is 7. The fourth-order valence-electron chi connectivity index (χ4n) is 1.83. The van der Waals surface area contributed by atoms with Gasteiger partial charge in [0.1, 0.15) is 5.70 Å². The van der Waals surface area contributed by atoms with Gasteiger partial charge in [0.15, 0.2) is 5.78 Å². The molecular weight excluding hydrogens is 210 g/mol. The first-order chi connectivity index (χ1) is 8.06. The number of allylic oxidation sites excluding steroid dienone is 2. The van der Waals surface area contributed by atoms with Gasteiger partial charge in [0, 0.05) is 18.7 Å². The zero-order chi connectivity index (χ0) is 13.3. The quantitative estimate of drug-likeness (QED) is 0.374. The van der Waals surface area contributed by atoms with Crippen molar-refractivity contribution in [2.45, 2.75) is 53.4 Å². The van der Waals surface area contributed by atoms with Gasteiger partial charge in [0.05, 0.1) is 0 Å². The van der Waals surface area contributed by atoms with Crippen molar-refractivity contribution in [3.63, 3.8) is 0 Å². The molecule has 2 heteroatoms. The zero-order valence-corrected chi connectivity index (χ0v) is 11.4. The van der Waals surface area contributed by atoms with Crippen molar-refractivity contribution in [3.05, 3.63) is 11.8 Å². The van der Waals surface area contributed by atoms with Gasteiger partial charge in [-0.3, -0.25) is 9.79 Å². The first-order valence-corrected chi connectivity index (χ1v) is 6.29. The Morgan fingerprint density at radius 3 is 2.18 bits per heavy atom. The maximum atomic E-state index is 11.3. The van der Waals surface area contributed by atoms with Crippen LogP contribution in [-0.2, 0) is 4.79 Å². The molecule has 2 nitrogen and oxygen atoms in total. The van der Waals surface area contributed by atoms with E-state index in [1.165, 1.54) is 13.0 Å². The van der Waals surface area contributed by atoms with Crippen LogP contribution in [0.25, 0.3) is 0 Å². The molecule has 0 spiro atoms. The molecule has 0 saturated heterocycles. The number of hydrogen-bond acceptors (Lipinski definition) is 2. The van der Waals surface area contributed by atoms with E-state index in [0.717, 1.165) is 31.4 Å². The number of Topliss-reactive ketones (excluding diaryl/α,β-unsaturated/α-hetero) is 1. The zero-order valence-electron chi connectivity index (χ0n) is 11.4. The first kappa shape index (κ1) is 15.6. The van der Waals surface area contributed by atoms with Crippen molar-refractivity contribution >= 4 is 11.5 Å². The van der Waals surface area contributed by atoms with E-state index < -0.39 is 0 Å². The lowest BCUT2D eigenvalue weighted by Crippen LogP contribution is -2.12. The van der Waals surface area contributed by atoms with Crippen LogP contribution in [0.4, 0.5) is 0 Å². The molecule has 0 amide bonds. The van der Waals surface area contributed by atoms with Crippen molar-refractivity contribution in [1.29, 1.82) is 0 Å². The summed E-state index contributed by atoms with van der Waals surface area (Å²) in [5, 5.41) is 0. The number of carbonyl (C=O) groups excluding carboxylic acids is 1. The number of ketones is 1. The molecule has 0 atom stereocenters. The molecule has 17 heavy (non-hydrogen) atoms. The molecule has 0 heterocycles. The Morgan fingerprint density at radius 2 is 1.82 bits per heavy atom. The lowest BCUT2D eigenvalue weighted by molar-refractivity contribution is -0.113. The van der Waals surface area contributed by atoms with E-state index in [4.69, 9.17) is 6.42 Å². The molecule has 0 radical (unpaired) electrons. The molecule has 0 N–H and O–H groups in total.